The van der Waals surface area contributed by atoms with Crippen LogP contribution in [-0.2, 0) is 6.54 Å². The molecule has 6 nitrogen and oxygen atoms in total. The van der Waals surface area contributed by atoms with Gasteiger partial charge in [0.15, 0.2) is 0 Å². The van der Waals surface area contributed by atoms with Crippen LogP contribution in [0.2, 0.25) is 0 Å². The van der Waals surface area contributed by atoms with Crippen LogP contribution < -0.4 is 15.0 Å². The van der Waals surface area contributed by atoms with Gasteiger partial charge < -0.3 is 20.1 Å². The standard InChI is InChI=1S/C38H47N3O3/c1-26(2)44-36-18-30(17-33(20-36)32-4-3-5-35(42)19-32)24-40-10-12-41(13-11-40)34-8-6-31(7-9-34)37(43)39-25-38-21-27-14-28(22-38)16-29(15-27)23-38/h3-9,17-20,26-29,42H,10-16,21-25H2,1-2H3,(H,39,43). The number of piperazine rings is 1. The molecule has 5 fully saturated rings. The molecule has 0 radical (unpaired) electrons. The zero-order valence-electron chi connectivity index (χ0n) is 26.3. The maximum absolute atomic E-state index is 13.1. The number of nitrogens with one attached hydrogen (secondary N) is 1. The Labute approximate surface area is 262 Å². The van der Waals surface area contributed by atoms with Crippen molar-refractivity contribution < 1.29 is 14.6 Å². The van der Waals surface area contributed by atoms with E-state index in [-0.39, 0.29) is 17.8 Å². The van der Waals surface area contributed by atoms with Crippen LogP contribution in [0, 0.1) is 23.2 Å². The second kappa shape index (κ2) is 12.1. The van der Waals surface area contributed by atoms with Crippen LogP contribution in [0.1, 0.15) is 68.3 Å². The first kappa shape index (κ1) is 29.2. The third kappa shape index (κ3) is 6.46. The first-order chi connectivity index (χ1) is 21.3. The van der Waals surface area contributed by atoms with Gasteiger partial charge >= 0.3 is 0 Å². The predicted molar refractivity (Wildman–Crippen MR) is 176 cm³/mol. The zero-order chi connectivity index (χ0) is 30.3. The molecule has 44 heavy (non-hydrogen) atoms. The Morgan fingerprint density at radius 2 is 1.57 bits per heavy atom. The van der Waals surface area contributed by atoms with Crippen molar-refractivity contribution in [2.45, 2.75) is 65.0 Å². The molecule has 0 atom stereocenters. The summed E-state index contributed by atoms with van der Waals surface area (Å²) < 4.78 is 6.09. The molecule has 1 amide bonds. The molecule has 3 aromatic rings. The van der Waals surface area contributed by atoms with E-state index >= 15 is 0 Å². The molecule has 3 aromatic carbocycles. The minimum Gasteiger partial charge on any atom is -0.508 e. The van der Waals surface area contributed by atoms with Crippen molar-refractivity contribution in [1.29, 1.82) is 0 Å². The monoisotopic (exact) mass is 593 g/mol. The molecular formula is C38H47N3O3. The van der Waals surface area contributed by atoms with Crippen molar-refractivity contribution >= 4 is 11.6 Å². The normalized spacial score (nSPS) is 26.2. The Hall–Kier alpha value is -3.51. The van der Waals surface area contributed by atoms with Crippen LogP contribution in [0.4, 0.5) is 5.69 Å². The number of ether oxygens (including phenoxy) is 1. The van der Waals surface area contributed by atoms with E-state index in [9.17, 15) is 9.90 Å². The lowest BCUT2D eigenvalue weighted by molar-refractivity contribution is -0.0503. The fourth-order valence-electron chi connectivity index (χ4n) is 9.07. The number of carbonyl (C=O) groups excluding carboxylic acids is 1. The number of carbonyl (C=O) groups is 1. The Balaban J connectivity index is 0.939. The summed E-state index contributed by atoms with van der Waals surface area (Å²) in [6.07, 6.45) is 8.35. The SMILES string of the molecule is CC(C)Oc1cc(CN2CCN(c3ccc(C(=O)NCC45CC6CC(CC(C6)C4)C5)cc3)CC2)cc(-c2cccc(O)c2)c1. The summed E-state index contributed by atoms with van der Waals surface area (Å²) in [5.74, 6) is 3.92. The first-order valence-corrected chi connectivity index (χ1v) is 16.7. The van der Waals surface area contributed by atoms with Gasteiger partial charge in [-0.25, -0.2) is 0 Å². The summed E-state index contributed by atoms with van der Waals surface area (Å²) in [6.45, 7) is 9.59. The van der Waals surface area contributed by atoms with E-state index in [0.29, 0.717) is 5.41 Å². The topological polar surface area (TPSA) is 65.0 Å². The van der Waals surface area contributed by atoms with Crippen LogP contribution in [-0.4, -0.2) is 54.7 Å². The van der Waals surface area contributed by atoms with Gasteiger partial charge in [-0.3, -0.25) is 9.69 Å². The van der Waals surface area contributed by atoms with Crippen molar-refractivity contribution in [1.82, 2.24) is 10.2 Å². The maximum Gasteiger partial charge on any atom is 0.251 e. The number of phenolic OH excluding ortho intramolecular Hbond substituents is 1. The summed E-state index contributed by atoms with van der Waals surface area (Å²) in [6, 6.07) is 22.0. The highest BCUT2D eigenvalue weighted by atomic mass is 16.5. The molecule has 1 saturated heterocycles. The third-order valence-corrected chi connectivity index (χ3v) is 10.6. The minimum atomic E-state index is 0.0749. The number of anilines is 1. The molecule has 1 aliphatic heterocycles. The number of aromatic hydroxyl groups is 1. The van der Waals surface area contributed by atoms with Crippen LogP contribution in [0.5, 0.6) is 11.5 Å². The Bertz CT molecular complexity index is 1440. The molecule has 2 N–H and O–H groups in total. The lowest BCUT2D eigenvalue weighted by atomic mass is 9.49. The molecule has 8 rings (SSSR count). The van der Waals surface area contributed by atoms with Crippen LogP contribution >= 0.6 is 0 Å². The van der Waals surface area contributed by atoms with Gasteiger partial charge in [0, 0.05) is 50.5 Å². The number of nitrogens with zero attached hydrogens (tertiary/aromatic N) is 2. The van der Waals surface area contributed by atoms with E-state index in [1.165, 1.54) is 49.8 Å². The molecule has 5 aliphatic rings. The lowest BCUT2D eigenvalue weighted by Gasteiger charge is -2.56. The van der Waals surface area contributed by atoms with E-state index < -0.39 is 0 Å². The molecule has 6 heteroatoms. The summed E-state index contributed by atoms with van der Waals surface area (Å²) in [7, 11) is 0. The first-order valence-electron chi connectivity index (χ1n) is 16.7. The molecular weight excluding hydrogens is 546 g/mol. The van der Waals surface area contributed by atoms with Crippen LogP contribution in [0.25, 0.3) is 11.1 Å². The number of amides is 1. The van der Waals surface area contributed by atoms with E-state index in [1.54, 1.807) is 12.1 Å². The highest BCUT2D eigenvalue weighted by Gasteiger charge is 2.50. The number of benzene rings is 3. The van der Waals surface area contributed by atoms with Crippen molar-refractivity contribution in [3.8, 4) is 22.6 Å². The smallest absolute Gasteiger partial charge is 0.251 e. The highest BCUT2D eigenvalue weighted by molar-refractivity contribution is 5.94. The number of hydrogen-bond acceptors (Lipinski definition) is 5. The van der Waals surface area contributed by atoms with Gasteiger partial charge in [-0.2, -0.15) is 0 Å². The second-order valence-corrected chi connectivity index (χ2v) is 14.5. The molecule has 0 aromatic heterocycles. The average Bonchev–Trinajstić information content (AvgIpc) is 2.99. The zero-order valence-corrected chi connectivity index (χ0v) is 26.3. The van der Waals surface area contributed by atoms with Gasteiger partial charge in [-0.15, -0.1) is 0 Å². The molecule has 4 bridgehead atoms. The Morgan fingerprint density at radius 1 is 0.886 bits per heavy atom. The van der Waals surface area contributed by atoms with Crippen molar-refractivity contribution in [3.05, 3.63) is 77.9 Å². The van der Waals surface area contributed by atoms with Gasteiger partial charge in [0.05, 0.1) is 6.10 Å². The van der Waals surface area contributed by atoms with Crippen LogP contribution in [0.15, 0.2) is 66.7 Å². The van der Waals surface area contributed by atoms with Gasteiger partial charge in [-0.05, 0) is 147 Å². The maximum atomic E-state index is 13.1. The number of phenols is 1. The van der Waals surface area contributed by atoms with Crippen molar-refractivity contribution in [2.75, 3.05) is 37.6 Å². The fraction of sp³-hybridized carbons (Fsp3) is 0.500. The van der Waals surface area contributed by atoms with Gasteiger partial charge in [0.1, 0.15) is 11.5 Å². The minimum absolute atomic E-state index is 0.0749. The average molecular weight is 594 g/mol. The largest absolute Gasteiger partial charge is 0.508 e. The molecule has 4 saturated carbocycles. The van der Waals surface area contributed by atoms with Gasteiger partial charge in [0.2, 0.25) is 0 Å². The lowest BCUT2D eigenvalue weighted by Crippen LogP contribution is -2.51. The van der Waals surface area contributed by atoms with E-state index in [1.807, 2.05) is 38.1 Å². The molecule has 4 aliphatic carbocycles. The molecule has 0 spiro atoms. The van der Waals surface area contributed by atoms with E-state index in [2.05, 4.69) is 45.4 Å². The van der Waals surface area contributed by atoms with E-state index in [4.69, 9.17) is 4.74 Å². The summed E-state index contributed by atoms with van der Waals surface area (Å²) in [4.78, 5) is 18.0. The number of hydrogen-bond donors (Lipinski definition) is 2. The molecule has 1 heterocycles. The number of rotatable bonds is 9. The van der Waals surface area contributed by atoms with Gasteiger partial charge in [0.25, 0.3) is 5.91 Å². The predicted octanol–water partition coefficient (Wildman–Crippen LogP) is 7.11. The second-order valence-electron chi connectivity index (χ2n) is 14.5. The van der Waals surface area contributed by atoms with Crippen molar-refractivity contribution in [3.63, 3.8) is 0 Å². The summed E-state index contributed by atoms with van der Waals surface area (Å²) in [5.41, 5.74) is 5.55. The van der Waals surface area contributed by atoms with Crippen molar-refractivity contribution in [2.24, 2.45) is 23.2 Å². The summed E-state index contributed by atoms with van der Waals surface area (Å²) in [5, 5.41) is 13.4. The Kier molecular flexibility index (Phi) is 8.04. The summed E-state index contributed by atoms with van der Waals surface area (Å²) >= 11 is 0. The highest BCUT2D eigenvalue weighted by Crippen LogP contribution is 2.59. The van der Waals surface area contributed by atoms with Crippen LogP contribution in [0.3, 0.4) is 0 Å². The molecule has 232 valence electrons. The van der Waals surface area contributed by atoms with E-state index in [0.717, 1.165) is 79.5 Å². The van der Waals surface area contributed by atoms with Gasteiger partial charge in [-0.1, -0.05) is 12.1 Å². The Morgan fingerprint density at radius 3 is 2.20 bits per heavy atom. The quantitative estimate of drug-likeness (QED) is 0.277. The third-order valence-electron chi connectivity index (χ3n) is 10.6. The fourth-order valence-corrected chi connectivity index (χ4v) is 9.07. The molecule has 0 unspecified atom stereocenters.